The lowest BCUT2D eigenvalue weighted by Gasteiger charge is -2.23. The van der Waals surface area contributed by atoms with Crippen molar-refractivity contribution in [2.24, 2.45) is 0 Å². The van der Waals surface area contributed by atoms with Crippen LogP contribution in [0.1, 0.15) is 26.3 Å². The molecule has 0 atom stereocenters. The highest BCUT2D eigenvalue weighted by Gasteiger charge is 2.20. The third-order valence-corrected chi connectivity index (χ3v) is 6.51. The van der Waals surface area contributed by atoms with Gasteiger partial charge in [-0.1, -0.05) is 36.7 Å². The number of sulfonamides is 1. The Morgan fingerprint density at radius 3 is 2.41 bits per heavy atom. The van der Waals surface area contributed by atoms with Crippen molar-refractivity contribution in [1.82, 2.24) is 9.97 Å². The summed E-state index contributed by atoms with van der Waals surface area (Å²) in [6.45, 7) is 6.00. The van der Waals surface area contributed by atoms with Gasteiger partial charge in [-0.15, -0.1) is 0 Å². The lowest BCUT2D eigenvalue weighted by Crippen LogP contribution is -2.22. The molecule has 3 rings (SSSR count). The maximum absolute atomic E-state index is 12.6. The smallest absolute Gasteiger partial charge is 0.263 e. The average Bonchev–Trinajstić information content (AvgIpc) is 2.78. The van der Waals surface area contributed by atoms with E-state index >= 15 is 0 Å². The fourth-order valence-electron chi connectivity index (χ4n) is 2.98. The molecule has 0 saturated heterocycles. The third kappa shape index (κ3) is 6.67. The first-order valence-corrected chi connectivity index (χ1v) is 12.5. The second-order valence-corrected chi connectivity index (χ2v) is 10.9. The Morgan fingerprint density at radius 1 is 1.06 bits per heavy atom. The standard InChI is InChI=1S/C23H25BrN4O5S/c1-23(2,3)18-11-15(24)5-10-19(18)33-13-21(29)27-16-6-8-17(9-7-16)34(30,31)28-20-12-22(32-4)26-14-25-20/h5-12,14H,13H2,1-4H3,(H,27,29)(H,25,26,28). The molecule has 0 spiro atoms. The molecule has 1 heterocycles. The Kier molecular flexibility index (Phi) is 7.78. The van der Waals surface area contributed by atoms with Crippen LogP contribution < -0.4 is 19.5 Å². The summed E-state index contributed by atoms with van der Waals surface area (Å²) in [5.74, 6) is 0.555. The molecule has 2 aromatic carbocycles. The van der Waals surface area contributed by atoms with Crippen LogP contribution in [0.15, 0.2) is 64.2 Å². The van der Waals surface area contributed by atoms with Crippen molar-refractivity contribution >= 4 is 43.4 Å². The second-order valence-electron chi connectivity index (χ2n) is 8.30. The number of nitrogens with one attached hydrogen (secondary N) is 2. The third-order valence-electron chi connectivity index (χ3n) is 4.65. The van der Waals surface area contributed by atoms with Crippen LogP contribution in [0.25, 0.3) is 0 Å². The number of halogens is 1. The minimum Gasteiger partial charge on any atom is -0.483 e. The summed E-state index contributed by atoms with van der Waals surface area (Å²) in [4.78, 5) is 20.1. The average molecular weight is 549 g/mol. The number of nitrogens with zero attached hydrogens (tertiary/aromatic N) is 2. The molecular weight excluding hydrogens is 524 g/mol. The lowest BCUT2D eigenvalue weighted by molar-refractivity contribution is -0.118. The Morgan fingerprint density at radius 2 is 1.76 bits per heavy atom. The molecule has 0 unspecified atom stereocenters. The van der Waals surface area contributed by atoms with E-state index in [9.17, 15) is 13.2 Å². The van der Waals surface area contributed by atoms with E-state index in [0.717, 1.165) is 10.0 Å². The summed E-state index contributed by atoms with van der Waals surface area (Å²) in [5, 5.41) is 2.70. The van der Waals surface area contributed by atoms with E-state index in [4.69, 9.17) is 9.47 Å². The molecule has 1 amide bonds. The fraction of sp³-hybridized carbons (Fsp3) is 0.261. The zero-order chi connectivity index (χ0) is 24.9. The predicted octanol–water partition coefficient (Wildman–Crippen LogP) is 4.36. The van der Waals surface area contributed by atoms with E-state index in [0.29, 0.717) is 11.4 Å². The Labute approximate surface area is 207 Å². The number of ether oxygens (including phenoxy) is 2. The molecule has 11 heteroatoms. The summed E-state index contributed by atoms with van der Waals surface area (Å²) in [6, 6.07) is 12.7. The number of benzene rings is 2. The summed E-state index contributed by atoms with van der Waals surface area (Å²) >= 11 is 3.46. The van der Waals surface area contributed by atoms with E-state index in [-0.39, 0.29) is 34.5 Å². The molecule has 0 aliphatic rings. The summed E-state index contributed by atoms with van der Waals surface area (Å²) in [7, 11) is -2.47. The van der Waals surface area contributed by atoms with Crippen molar-refractivity contribution in [2.45, 2.75) is 31.1 Å². The van der Waals surface area contributed by atoms with Crippen LogP contribution in [0.5, 0.6) is 11.6 Å². The molecule has 1 aromatic heterocycles. The first-order chi connectivity index (χ1) is 16.0. The van der Waals surface area contributed by atoms with Gasteiger partial charge in [0.25, 0.3) is 15.9 Å². The topological polar surface area (TPSA) is 120 Å². The van der Waals surface area contributed by atoms with Gasteiger partial charge in [0.05, 0.1) is 12.0 Å². The monoisotopic (exact) mass is 548 g/mol. The molecule has 0 bridgehead atoms. The van der Waals surface area contributed by atoms with Gasteiger partial charge < -0.3 is 14.8 Å². The van der Waals surface area contributed by atoms with Crippen LogP contribution in [-0.4, -0.2) is 38.0 Å². The fourth-order valence-corrected chi connectivity index (χ4v) is 4.34. The van der Waals surface area contributed by atoms with Gasteiger partial charge >= 0.3 is 0 Å². The normalized spacial score (nSPS) is 11.6. The van der Waals surface area contributed by atoms with Gasteiger partial charge in [-0.25, -0.2) is 18.4 Å². The Bertz CT molecular complexity index is 1280. The highest BCUT2D eigenvalue weighted by atomic mass is 79.9. The van der Waals surface area contributed by atoms with Gasteiger partial charge in [0.15, 0.2) is 6.61 Å². The van der Waals surface area contributed by atoms with Crippen molar-refractivity contribution in [1.29, 1.82) is 0 Å². The quantitative estimate of drug-likeness (QED) is 0.429. The van der Waals surface area contributed by atoms with Crippen LogP contribution in [0.3, 0.4) is 0 Å². The number of methoxy groups -OCH3 is 1. The van der Waals surface area contributed by atoms with Crippen molar-refractivity contribution in [3.63, 3.8) is 0 Å². The molecule has 3 aromatic rings. The molecule has 0 aliphatic carbocycles. The molecule has 34 heavy (non-hydrogen) atoms. The van der Waals surface area contributed by atoms with E-state index in [1.807, 2.05) is 18.2 Å². The molecule has 180 valence electrons. The van der Waals surface area contributed by atoms with Crippen LogP contribution in [0.2, 0.25) is 0 Å². The van der Waals surface area contributed by atoms with Crippen molar-refractivity contribution in [3.8, 4) is 11.6 Å². The highest BCUT2D eigenvalue weighted by molar-refractivity contribution is 9.10. The van der Waals surface area contributed by atoms with Gasteiger partial charge in [-0.2, -0.15) is 0 Å². The first-order valence-electron chi connectivity index (χ1n) is 10.2. The number of rotatable bonds is 8. The van der Waals surface area contributed by atoms with Gasteiger partial charge in [0.1, 0.15) is 17.9 Å². The second kappa shape index (κ2) is 10.4. The molecular formula is C23H25BrN4O5S. The van der Waals surface area contributed by atoms with Crippen molar-refractivity contribution < 1.29 is 22.7 Å². The minimum absolute atomic E-state index is 0.00371. The number of hydrogen-bond acceptors (Lipinski definition) is 7. The first kappa shape index (κ1) is 25.4. The molecule has 0 saturated carbocycles. The van der Waals surface area contributed by atoms with Crippen LogP contribution in [0, 0.1) is 0 Å². The summed E-state index contributed by atoms with van der Waals surface area (Å²) in [6.07, 6.45) is 1.19. The minimum atomic E-state index is -3.89. The Balaban J connectivity index is 1.63. The number of carbonyl (C=O) groups is 1. The van der Waals surface area contributed by atoms with Crippen molar-refractivity contribution in [2.75, 3.05) is 23.8 Å². The van der Waals surface area contributed by atoms with Gasteiger partial charge in [0.2, 0.25) is 5.88 Å². The molecule has 0 fully saturated rings. The number of aromatic nitrogens is 2. The van der Waals surface area contributed by atoms with E-state index in [2.05, 4.69) is 56.7 Å². The SMILES string of the molecule is COc1cc(NS(=O)(=O)c2ccc(NC(=O)COc3ccc(Br)cc3C(C)(C)C)cc2)ncn1. The molecule has 2 N–H and O–H groups in total. The Hall–Kier alpha value is -3.18. The molecule has 0 radical (unpaired) electrons. The lowest BCUT2D eigenvalue weighted by atomic mass is 9.86. The molecule has 9 nitrogen and oxygen atoms in total. The number of amides is 1. The van der Waals surface area contributed by atoms with Crippen LogP contribution in [-0.2, 0) is 20.2 Å². The summed E-state index contributed by atoms with van der Waals surface area (Å²) < 4.78 is 39.2. The van der Waals surface area contributed by atoms with Crippen LogP contribution in [0.4, 0.5) is 11.5 Å². The maximum atomic E-state index is 12.6. The highest BCUT2D eigenvalue weighted by Crippen LogP contribution is 2.33. The van der Waals surface area contributed by atoms with E-state index in [1.165, 1.54) is 43.8 Å². The number of hydrogen-bond donors (Lipinski definition) is 2. The predicted molar refractivity (Wildman–Crippen MR) is 133 cm³/mol. The van der Waals surface area contributed by atoms with Gasteiger partial charge in [-0.3, -0.25) is 9.52 Å². The van der Waals surface area contributed by atoms with Crippen molar-refractivity contribution in [3.05, 3.63) is 64.9 Å². The maximum Gasteiger partial charge on any atom is 0.263 e. The van der Waals surface area contributed by atoms with E-state index < -0.39 is 10.0 Å². The van der Waals surface area contributed by atoms with Crippen LogP contribution >= 0.6 is 15.9 Å². The zero-order valence-corrected chi connectivity index (χ0v) is 21.5. The largest absolute Gasteiger partial charge is 0.483 e. The number of carbonyl (C=O) groups excluding carboxylic acids is 1. The van der Waals surface area contributed by atoms with E-state index in [1.54, 1.807) is 0 Å². The van der Waals surface area contributed by atoms with Gasteiger partial charge in [0, 0.05) is 21.8 Å². The summed E-state index contributed by atoms with van der Waals surface area (Å²) in [5.41, 5.74) is 1.24. The van der Waals surface area contributed by atoms with Gasteiger partial charge in [-0.05, 0) is 47.9 Å². The zero-order valence-electron chi connectivity index (χ0n) is 19.1. The number of anilines is 2. The molecule has 0 aliphatic heterocycles.